The number of hydrogen-bond acceptors (Lipinski definition) is 5. The van der Waals surface area contributed by atoms with Gasteiger partial charge in [0.15, 0.2) is 6.61 Å². The molecule has 1 aliphatic heterocycles. The summed E-state index contributed by atoms with van der Waals surface area (Å²) in [5, 5.41) is 2.04. The minimum atomic E-state index is -0.549. The zero-order valence-corrected chi connectivity index (χ0v) is 14.8. The van der Waals surface area contributed by atoms with Crippen LogP contribution in [0, 0.1) is 0 Å². The van der Waals surface area contributed by atoms with E-state index in [0.29, 0.717) is 18.8 Å². The molecule has 0 atom stereocenters. The van der Waals surface area contributed by atoms with Crippen LogP contribution in [0.4, 0.5) is 0 Å². The largest absolute Gasteiger partial charge is 0.496 e. The Morgan fingerprint density at radius 2 is 2.12 bits per heavy atom. The fraction of sp³-hybridized carbons (Fsp3) is 0.263. The molecule has 6 heteroatoms. The molecular formula is C19H19NO4S. The van der Waals surface area contributed by atoms with Crippen LogP contribution in [-0.2, 0) is 27.3 Å². The molecule has 3 rings (SSSR count). The minimum Gasteiger partial charge on any atom is -0.496 e. The van der Waals surface area contributed by atoms with Gasteiger partial charge in [-0.15, -0.1) is 11.3 Å². The van der Waals surface area contributed by atoms with E-state index in [-0.39, 0.29) is 12.5 Å². The fourth-order valence-electron chi connectivity index (χ4n) is 2.70. The van der Waals surface area contributed by atoms with Gasteiger partial charge in [0.05, 0.1) is 7.11 Å². The lowest BCUT2D eigenvalue weighted by molar-refractivity contribution is -0.148. The number of amides is 1. The molecule has 0 saturated heterocycles. The SMILES string of the molecule is COc1ccccc1/C=C/C(=O)OCC(=O)N1CCc2sccc2C1. The zero-order chi connectivity index (χ0) is 17.6. The molecule has 5 nitrogen and oxygen atoms in total. The lowest BCUT2D eigenvalue weighted by atomic mass is 10.1. The van der Waals surface area contributed by atoms with Crippen LogP contribution in [0.5, 0.6) is 5.75 Å². The summed E-state index contributed by atoms with van der Waals surface area (Å²) in [6.45, 7) is 1.02. The highest BCUT2D eigenvalue weighted by molar-refractivity contribution is 7.10. The van der Waals surface area contributed by atoms with Crippen molar-refractivity contribution in [1.29, 1.82) is 0 Å². The minimum absolute atomic E-state index is 0.170. The second kappa shape index (κ2) is 7.98. The van der Waals surface area contributed by atoms with Crippen molar-refractivity contribution in [3.05, 3.63) is 57.8 Å². The third kappa shape index (κ3) is 4.28. The van der Waals surface area contributed by atoms with Gasteiger partial charge >= 0.3 is 5.97 Å². The highest BCUT2D eigenvalue weighted by atomic mass is 32.1. The van der Waals surface area contributed by atoms with E-state index in [4.69, 9.17) is 9.47 Å². The lowest BCUT2D eigenvalue weighted by Gasteiger charge is -2.26. The molecule has 0 radical (unpaired) electrons. The standard InChI is InChI=1S/C19H19NO4S/c1-23-16-5-3-2-4-14(16)6-7-19(22)24-13-18(21)20-10-8-17-15(12-20)9-11-25-17/h2-7,9,11H,8,10,12-13H2,1H3/b7-6+. The molecule has 1 aromatic heterocycles. The quantitative estimate of drug-likeness (QED) is 0.610. The summed E-state index contributed by atoms with van der Waals surface area (Å²) < 4.78 is 10.3. The summed E-state index contributed by atoms with van der Waals surface area (Å²) in [7, 11) is 1.57. The Balaban J connectivity index is 1.50. The highest BCUT2D eigenvalue weighted by Crippen LogP contribution is 2.24. The number of ether oxygens (including phenoxy) is 2. The number of para-hydroxylation sites is 1. The first-order valence-corrected chi connectivity index (χ1v) is 8.86. The van der Waals surface area contributed by atoms with Gasteiger partial charge in [-0.3, -0.25) is 4.79 Å². The molecule has 0 spiro atoms. The molecule has 0 saturated carbocycles. The van der Waals surface area contributed by atoms with E-state index in [9.17, 15) is 9.59 Å². The first-order chi connectivity index (χ1) is 12.2. The van der Waals surface area contributed by atoms with Gasteiger partial charge < -0.3 is 14.4 Å². The van der Waals surface area contributed by atoms with Crippen LogP contribution in [0.1, 0.15) is 16.0 Å². The number of carbonyl (C=O) groups excluding carboxylic acids is 2. The Kier molecular flexibility index (Phi) is 5.50. The van der Waals surface area contributed by atoms with Crippen molar-refractivity contribution in [1.82, 2.24) is 4.90 Å². The Morgan fingerprint density at radius 3 is 2.96 bits per heavy atom. The molecule has 0 fully saturated rings. The molecule has 1 amide bonds. The van der Waals surface area contributed by atoms with Gasteiger partial charge in [-0.2, -0.15) is 0 Å². The molecule has 25 heavy (non-hydrogen) atoms. The second-order valence-electron chi connectivity index (χ2n) is 5.62. The number of rotatable bonds is 5. The van der Waals surface area contributed by atoms with Crippen molar-refractivity contribution in [3.8, 4) is 5.75 Å². The second-order valence-corrected chi connectivity index (χ2v) is 6.62. The Hall–Kier alpha value is -2.60. The maximum atomic E-state index is 12.2. The number of benzene rings is 1. The zero-order valence-electron chi connectivity index (χ0n) is 13.9. The van der Waals surface area contributed by atoms with Crippen LogP contribution in [0.2, 0.25) is 0 Å². The number of nitrogens with zero attached hydrogens (tertiary/aromatic N) is 1. The van der Waals surface area contributed by atoms with Gasteiger partial charge in [-0.25, -0.2) is 4.79 Å². The molecule has 0 unspecified atom stereocenters. The van der Waals surface area contributed by atoms with Crippen LogP contribution >= 0.6 is 11.3 Å². The van der Waals surface area contributed by atoms with Crippen molar-refractivity contribution in [3.63, 3.8) is 0 Å². The van der Waals surface area contributed by atoms with E-state index in [1.807, 2.05) is 35.7 Å². The summed E-state index contributed by atoms with van der Waals surface area (Å²) in [6, 6.07) is 9.39. The van der Waals surface area contributed by atoms with Gasteiger partial charge in [0.25, 0.3) is 5.91 Å². The van der Waals surface area contributed by atoms with E-state index in [2.05, 4.69) is 0 Å². The number of hydrogen-bond donors (Lipinski definition) is 0. The summed E-state index contributed by atoms with van der Waals surface area (Å²) in [6.07, 6.45) is 3.78. The summed E-state index contributed by atoms with van der Waals surface area (Å²) in [5.41, 5.74) is 1.96. The smallest absolute Gasteiger partial charge is 0.331 e. The average molecular weight is 357 g/mol. The third-order valence-electron chi connectivity index (χ3n) is 4.04. The van der Waals surface area contributed by atoms with E-state index in [1.165, 1.54) is 16.5 Å². The van der Waals surface area contributed by atoms with Crippen LogP contribution in [0.15, 0.2) is 41.8 Å². The highest BCUT2D eigenvalue weighted by Gasteiger charge is 2.21. The van der Waals surface area contributed by atoms with Gasteiger partial charge in [0.1, 0.15) is 5.75 Å². The Labute approximate surface area is 150 Å². The molecule has 1 aromatic carbocycles. The number of thiophene rings is 1. The van der Waals surface area contributed by atoms with Crippen LogP contribution in [0.3, 0.4) is 0 Å². The van der Waals surface area contributed by atoms with Gasteiger partial charge in [0.2, 0.25) is 0 Å². The first-order valence-electron chi connectivity index (χ1n) is 7.98. The van der Waals surface area contributed by atoms with Crippen LogP contribution < -0.4 is 4.74 Å². The maximum Gasteiger partial charge on any atom is 0.331 e. The van der Waals surface area contributed by atoms with Crippen molar-refractivity contribution in [2.24, 2.45) is 0 Å². The average Bonchev–Trinajstić information content (AvgIpc) is 3.12. The van der Waals surface area contributed by atoms with Crippen molar-refractivity contribution >= 4 is 29.3 Å². The first kappa shape index (κ1) is 17.2. The number of fused-ring (bicyclic) bond motifs is 1. The molecule has 130 valence electrons. The molecule has 2 aromatic rings. The van der Waals surface area contributed by atoms with Gasteiger partial charge in [0, 0.05) is 29.6 Å². The molecule has 1 aliphatic rings. The monoisotopic (exact) mass is 357 g/mol. The summed E-state index contributed by atoms with van der Waals surface area (Å²) >= 11 is 1.72. The normalized spacial score (nSPS) is 13.6. The predicted molar refractivity (Wildman–Crippen MR) is 96.4 cm³/mol. The van der Waals surface area contributed by atoms with E-state index >= 15 is 0 Å². The lowest BCUT2D eigenvalue weighted by Crippen LogP contribution is -2.38. The van der Waals surface area contributed by atoms with Gasteiger partial charge in [-0.1, -0.05) is 18.2 Å². The molecule has 0 bridgehead atoms. The van der Waals surface area contributed by atoms with E-state index in [1.54, 1.807) is 29.4 Å². The topological polar surface area (TPSA) is 55.8 Å². The fourth-order valence-corrected chi connectivity index (χ4v) is 3.59. The molecular weight excluding hydrogens is 338 g/mol. The summed E-state index contributed by atoms with van der Waals surface area (Å²) in [4.78, 5) is 27.1. The molecule has 0 N–H and O–H groups in total. The van der Waals surface area contributed by atoms with Crippen molar-refractivity contribution < 1.29 is 19.1 Å². The Bertz CT molecular complexity index is 796. The maximum absolute atomic E-state index is 12.2. The van der Waals surface area contributed by atoms with Gasteiger partial charge in [-0.05, 0) is 35.6 Å². The third-order valence-corrected chi connectivity index (χ3v) is 5.06. The van der Waals surface area contributed by atoms with Crippen molar-refractivity contribution in [2.75, 3.05) is 20.3 Å². The van der Waals surface area contributed by atoms with E-state index < -0.39 is 5.97 Å². The molecule has 0 aliphatic carbocycles. The number of methoxy groups -OCH3 is 1. The predicted octanol–water partition coefficient (Wildman–Crippen LogP) is 2.90. The van der Waals surface area contributed by atoms with Crippen LogP contribution in [-0.4, -0.2) is 37.0 Å². The van der Waals surface area contributed by atoms with Crippen molar-refractivity contribution in [2.45, 2.75) is 13.0 Å². The molecule has 2 heterocycles. The summed E-state index contributed by atoms with van der Waals surface area (Å²) in [5.74, 6) is -0.0501. The number of esters is 1. The Morgan fingerprint density at radius 1 is 1.28 bits per heavy atom. The van der Waals surface area contributed by atoms with E-state index in [0.717, 1.165) is 12.0 Å². The van der Waals surface area contributed by atoms with Crippen LogP contribution in [0.25, 0.3) is 6.08 Å². The number of carbonyl (C=O) groups is 2.